The summed E-state index contributed by atoms with van der Waals surface area (Å²) in [5.74, 6) is 6.16. The summed E-state index contributed by atoms with van der Waals surface area (Å²) in [6.45, 7) is 0. The number of nitrogens with one attached hydrogen (secondary N) is 3. The predicted molar refractivity (Wildman–Crippen MR) is 78.4 cm³/mol. The fraction of sp³-hybridized carbons (Fsp3) is 0. The molecule has 0 heterocycles. The van der Waals surface area contributed by atoms with E-state index in [1.165, 1.54) is 24.3 Å². The number of benzene rings is 2. The maximum atomic E-state index is 11.1. The highest BCUT2D eigenvalue weighted by atomic mass is 32.2. The molecule has 9 heteroatoms. The average molecular weight is 309 g/mol. The smallest absolute Gasteiger partial charge is 0.238 e. The number of sulfonamides is 1. The number of anilines is 1. The minimum Gasteiger partial charge on any atom is -0.457 e. The second kappa shape index (κ2) is 6.52. The predicted octanol–water partition coefficient (Wildman–Crippen LogP) is 0.421. The van der Waals surface area contributed by atoms with Gasteiger partial charge in [-0.25, -0.2) is 13.6 Å². The van der Waals surface area contributed by atoms with Crippen LogP contribution in [0.5, 0.6) is 11.5 Å². The van der Waals surface area contributed by atoms with E-state index in [4.69, 9.17) is 15.7 Å². The van der Waals surface area contributed by atoms with Crippen molar-refractivity contribution in [1.29, 1.82) is 0 Å². The zero-order chi connectivity index (χ0) is 15.3. The van der Waals surface area contributed by atoms with Crippen molar-refractivity contribution in [3.05, 3.63) is 48.5 Å². The molecular formula is C12H15N5O3S. The molecule has 2 aromatic carbocycles. The van der Waals surface area contributed by atoms with E-state index in [1.54, 1.807) is 24.3 Å². The van der Waals surface area contributed by atoms with E-state index in [1.807, 2.05) is 0 Å². The van der Waals surface area contributed by atoms with E-state index in [0.29, 0.717) is 11.5 Å². The molecule has 21 heavy (non-hydrogen) atoms. The summed E-state index contributed by atoms with van der Waals surface area (Å²) >= 11 is 0. The second-order valence-corrected chi connectivity index (χ2v) is 5.60. The number of rotatable bonds is 6. The lowest BCUT2D eigenvalue weighted by Gasteiger charge is -2.09. The normalized spacial score (nSPS) is 11.1. The zero-order valence-electron chi connectivity index (χ0n) is 10.9. The van der Waals surface area contributed by atoms with Crippen LogP contribution in [0.15, 0.2) is 53.4 Å². The van der Waals surface area contributed by atoms with Crippen molar-refractivity contribution in [1.82, 2.24) is 11.1 Å². The molecule has 112 valence electrons. The van der Waals surface area contributed by atoms with Gasteiger partial charge in [-0.1, -0.05) is 0 Å². The Balaban J connectivity index is 2.04. The molecule has 0 atom stereocenters. The first kappa shape index (κ1) is 15.2. The Bertz CT molecular complexity index is 686. The first-order valence-electron chi connectivity index (χ1n) is 5.86. The Labute approximate surface area is 122 Å². The Kier molecular flexibility index (Phi) is 4.73. The molecule has 0 amide bonds. The van der Waals surface area contributed by atoms with Crippen molar-refractivity contribution >= 4 is 15.7 Å². The summed E-state index contributed by atoms with van der Waals surface area (Å²) in [6.07, 6.45) is 0. The van der Waals surface area contributed by atoms with Gasteiger partial charge in [0.05, 0.1) is 10.6 Å². The largest absolute Gasteiger partial charge is 0.457 e. The van der Waals surface area contributed by atoms with Gasteiger partial charge in [-0.3, -0.25) is 5.84 Å². The molecule has 0 aliphatic heterocycles. The van der Waals surface area contributed by atoms with Crippen molar-refractivity contribution in [3.8, 4) is 11.5 Å². The van der Waals surface area contributed by atoms with Gasteiger partial charge in [0.2, 0.25) is 10.0 Å². The minimum absolute atomic E-state index is 0.0368. The van der Waals surface area contributed by atoms with Crippen molar-refractivity contribution in [2.24, 2.45) is 11.0 Å². The Morgan fingerprint density at radius 2 is 1.43 bits per heavy atom. The molecule has 7 N–H and O–H groups in total. The molecule has 0 aliphatic carbocycles. The van der Waals surface area contributed by atoms with Crippen LogP contribution < -0.4 is 32.2 Å². The van der Waals surface area contributed by atoms with Gasteiger partial charge in [0.25, 0.3) is 0 Å². The molecule has 8 nitrogen and oxygen atoms in total. The quantitative estimate of drug-likeness (QED) is 0.386. The van der Waals surface area contributed by atoms with E-state index < -0.39 is 10.0 Å². The van der Waals surface area contributed by atoms with E-state index >= 15 is 0 Å². The lowest BCUT2D eigenvalue weighted by molar-refractivity contribution is 0.482. The Hall–Kier alpha value is -2.17. The summed E-state index contributed by atoms with van der Waals surface area (Å²) in [5, 5.41) is 5.02. The van der Waals surface area contributed by atoms with Crippen molar-refractivity contribution in [2.45, 2.75) is 4.90 Å². The van der Waals surface area contributed by atoms with Gasteiger partial charge in [-0.2, -0.15) is 11.1 Å². The van der Waals surface area contributed by atoms with Crippen LogP contribution >= 0.6 is 0 Å². The maximum absolute atomic E-state index is 11.1. The third-order valence-corrected chi connectivity index (χ3v) is 3.45. The summed E-state index contributed by atoms with van der Waals surface area (Å²) in [5.41, 5.74) is 8.33. The summed E-state index contributed by atoms with van der Waals surface area (Å²) < 4.78 is 27.9. The van der Waals surface area contributed by atoms with Crippen molar-refractivity contribution < 1.29 is 13.2 Å². The van der Waals surface area contributed by atoms with E-state index in [2.05, 4.69) is 16.5 Å². The molecule has 0 fully saturated rings. The Morgan fingerprint density at radius 1 is 0.905 bits per heavy atom. The van der Waals surface area contributed by atoms with Gasteiger partial charge in [0, 0.05) is 0 Å². The zero-order valence-corrected chi connectivity index (χ0v) is 11.7. The fourth-order valence-corrected chi connectivity index (χ4v) is 2.06. The highest BCUT2D eigenvalue weighted by Crippen LogP contribution is 2.23. The van der Waals surface area contributed by atoms with Crippen LogP contribution in [0.4, 0.5) is 5.69 Å². The number of nitrogens with two attached hydrogens (primary N) is 2. The minimum atomic E-state index is -3.69. The number of hydrazine groups is 3. The first-order valence-corrected chi connectivity index (χ1v) is 7.41. The van der Waals surface area contributed by atoms with Gasteiger partial charge in [-0.05, 0) is 48.5 Å². The van der Waals surface area contributed by atoms with Crippen LogP contribution in [-0.2, 0) is 10.0 Å². The second-order valence-electron chi connectivity index (χ2n) is 4.04. The molecule has 0 bridgehead atoms. The van der Waals surface area contributed by atoms with Crippen molar-refractivity contribution in [2.75, 3.05) is 5.43 Å². The average Bonchev–Trinajstić information content (AvgIpc) is 2.46. The number of hydrogen-bond acceptors (Lipinski definition) is 7. The Morgan fingerprint density at radius 3 is 1.90 bits per heavy atom. The maximum Gasteiger partial charge on any atom is 0.238 e. The third kappa shape index (κ3) is 4.41. The van der Waals surface area contributed by atoms with Crippen LogP contribution in [0.3, 0.4) is 0 Å². The molecule has 0 saturated heterocycles. The number of hydrogen-bond donors (Lipinski definition) is 5. The molecule has 0 radical (unpaired) electrons. The fourth-order valence-electron chi connectivity index (χ4n) is 1.55. The monoisotopic (exact) mass is 309 g/mol. The third-order valence-electron chi connectivity index (χ3n) is 2.52. The van der Waals surface area contributed by atoms with Crippen molar-refractivity contribution in [3.63, 3.8) is 0 Å². The van der Waals surface area contributed by atoms with Crippen LogP contribution in [0.1, 0.15) is 0 Å². The lowest BCUT2D eigenvalue weighted by atomic mass is 10.3. The van der Waals surface area contributed by atoms with Crippen LogP contribution in [0.2, 0.25) is 0 Å². The summed E-state index contributed by atoms with van der Waals surface area (Å²) in [4.78, 5) is 0.0368. The standard InChI is InChI=1S/C12H15N5O3S/c13-16-17-15-9-1-3-10(4-2-9)20-11-5-7-12(8-6-11)21(14,18)19/h1-8,15-17H,13H2,(H2,14,18,19). The van der Waals surface area contributed by atoms with Crippen LogP contribution in [0, 0.1) is 0 Å². The molecule has 0 aromatic heterocycles. The molecule has 0 aliphatic rings. The SMILES string of the molecule is NNNNc1ccc(Oc2ccc(S(N)(=O)=O)cc2)cc1. The molecule has 0 saturated carbocycles. The number of primary sulfonamides is 1. The van der Waals surface area contributed by atoms with E-state index in [-0.39, 0.29) is 4.90 Å². The molecule has 0 spiro atoms. The van der Waals surface area contributed by atoms with E-state index in [0.717, 1.165) is 5.69 Å². The first-order chi connectivity index (χ1) is 9.99. The molecule has 2 rings (SSSR count). The highest BCUT2D eigenvalue weighted by molar-refractivity contribution is 7.89. The van der Waals surface area contributed by atoms with Gasteiger partial charge >= 0.3 is 0 Å². The van der Waals surface area contributed by atoms with Crippen LogP contribution in [-0.4, -0.2) is 8.42 Å². The van der Waals surface area contributed by atoms with Crippen LogP contribution in [0.25, 0.3) is 0 Å². The highest BCUT2D eigenvalue weighted by Gasteiger charge is 2.07. The molecule has 0 unspecified atom stereocenters. The van der Waals surface area contributed by atoms with E-state index in [9.17, 15) is 8.42 Å². The van der Waals surface area contributed by atoms with Gasteiger partial charge < -0.3 is 10.2 Å². The molecular weight excluding hydrogens is 294 g/mol. The van der Waals surface area contributed by atoms with Gasteiger partial charge in [0.1, 0.15) is 11.5 Å². The lowest BCUT2D eigenvalue weighted by Crippen LogP contribution is -2.41. The number of ether oxygens (including phenoxy) is 1. The van der Waals surface area contributed by atoms with Gasteiger partial charge in [-0.15, -0.1) is 0 Å². The molecule has 2 aromatic rings. The topological polar surface area (TPSA) is 132 Å². The van der Waals surface area contributed by atoms with Gasteiger partial charge in [0.15, 0.2) is 0 Å². The summed E-state index contributed by atoms with van der Waals surface area (Å²) in [6, 6.07) is 12.9. The summed E-state index contributed by atoms with van der Waals surface area (Å²) in [7, 11) is -3.69.